The monoisotopic (exact) mass is 197 g/mol. The summed E-state index contributed by atoms with van der Waals surface area (Å²) >= 11 is 0. The lowest BCUT2D eigenvalue weighted by Gasteiger charge is -2.15. The second-order valence-electron chi connectivity index (χ2n) is 2.77. The maximum absolute atomic E-state index is 10.4. The zero-order chi connectivity index (χ0) is 10.6. The van der Waals surface area contributed by atoms with Gasteiger partial charge in [-0.1, -0.05) is 0 Å². The maximum Gasteiger partial charge on any atom is 0.274 e. The van der Waals surface area contributed by atoms with Crippen molar-refractivity contribution < 1.29 is 10.0 Å². The van der Waals surface area contributed by atoms with Crippen molar-refractivity contribution in [3.63, 3.8) is 0 Å². The molecule has 0 aliphatic carbocycles. The Morgan fingerprint density at radius 2 is 2.43 bits per heavy atom. The van der Waals surface area contributed by atoms with Crippen molar-refractivity contribution in [2.24, 2.45) is 0 Å². The third kappa shape index (κ3) is 2.40. The molecular formula is C8H11N3O3. The number of likely N-dealkylation sites (N-methyl/N-ethyl adjacent to an activating group) is 1. The molecule has 0 atom stereocenters. The van der Waals surface area contributed by atoms with E-state index in [9.17, 15) is 10.1 Å². The van der Waals surface area contributed by atoms with Crippen molar-refractivity contribution in [3.05, 3.63) is 28.4 Å². The number of anilines is 1. The normalized spacial score (nSPS) is 9.86. The van der Waals surface area contributed by atoms with Crippen molar-refractivity contribution in [2.45, 2.75) is 0 Å². The minimum Gasteiger partial charge on any atom is -0.395 e. The van der Waals surface area contributed by atoms with E-state index in [0.717, 1.165) is 0 Å². The topological polar surface area (TPSA) is 79.5 Å². The molecular weight excluding hydrogens is 186 g/mol. The van der Waals surface area contributed by atoms with Gasteiger partial charge in [0.1, 0.15) is 5.82 Å². The molecule has 0 aliphatic rings. The molecule has 6 heteroatoms. The molecule has 1 rings (SSSR count). The SMILES string of the molecule is CN(CCO)c1cc([N+](=O)[O-])ccn1. The van der Waals surface area contributed by atoms with Crippen LogP contribution in [0.4, 0.5) is 11.5 Å². The highest BCUT2D eigenvalue weighted by Crippen LogP contribution is 2.16. The predicted octanol–water partition coefficient (Wildman–Crippen LogP) is 0.418. The standard InChI is InChI=1S/C8H11N3O3/c1-10(4-5-12)8-6-7(11(13)14)2-3-9-8/h2-3,6,12H,4-5H2,1H3. The van der Waals surface area contributed by atoms with Gasteiger partial charge in [0.25, 0.3) is 5.69 Å². The molecule has 0 saturated carbocycles. The number of pyridine rings is 1. The van der Waals surface area contributed by atoms with Gasteiger partial charge in [-0.2, -0.15) is 0 Å². The minimum atomic E-state index is -0.474. The Hall–Kier alpha value is -1.69. The molecule has 6 nitrogen and oxygen atoms in total. The highest BCUT2D eigenvalue weighted by Gasteiger charge is 2.08. The van der Waals surface area contributed by atoms with Crippen LogP contribution in [0.2, 0.25) is 0 Å². The van der Waals surface area contributed by atoms with Crippen LogP contribution in [0.1, 0.15) is 0 Å². The van der Waals surface area contributed by atoms with E-state index in [2.05, 4.69) is 4.98 Å². The molecule has 0 radical (unpaired) electrons. The molecule has 0 spiro atoms. The number of aliphatic hydroxyl groups is 1. The fourth-order valence-electron chi connectivity index (χ4n) is 0.995. The summed E-state index contributed by atoms with van der Waals surface area (Å²) in [7, 11) is 1.71. The first-order valence-corrected chi connectivity index (χ1v) is 4.07. The zero-order valence-corrected chi connectivity index (χ0v) is 7.75. The van der Waals surface area contributed by atoms with E-state index in [1.807, 2.05) is 0 Å². The number of nitrogens with zero attached hydrogens (tertiary/aromatic N) is 3. The largest absolute Gasteiger partial charge is 0.395 e. The van der Waals surface area contributed by atoms with Gasteiger partial charge in [-0.15, -0.1) is 0 Å². The van der Waals surface area contributed by atoms with Crippen molar-refractivity contribution in [1.82, 2.24) is 4.98 Å². The average molecular weight is 197 g/mol. The molecule has 1 heterocycles. The summed E-state index contributed by atoms with van der Waals surface area (Å²) in [5.41, 5.74) is -0.000195. The van der Waals surface area contributed by atoms with Gasteiger partial charge in [0, 0.05) is 25.9 Å². The van der Waals surface area contributed by atoms with Crippen molar-refractivity contribution >= 4 is 11.5 Å². The second kappa shape index (κ2) is 4.52. The molecule has 1 N–H and O–H groups in total. The first-order valence-electron chi connectivity index (χ1n) is 4.07. The van der Waals surface area contributed by atoms with E-state index in [1.54, 1.807) is 11.9 Å². The lowest BCUT2D eigenvalue weighted by Crippen LogP contribution is -2.22. The number of rotatable bonds is 4. The first-order chi connectivity index (χ1) is 6.65. The molecule has 0 bridgehead atoms. The number of hydrogen-bond donors (Lipinski definition) is 1. The first kappa shape index (κ1) is 10.4. The van der Waals surface area contributed by atoms with Crippen LogP contribution in [-0.4, -0.2) is 35.2 Å². The quantitative estimate of drug-likeness (QED) is 0.559. The summed E-state index contributed by atoms with van der Waals surface area (Å²) in [6, 6.07) is 2.70. The van der Waals surface area contributed by atoms with Crippen molar-refractivity contribution in [2.75, 3.05) is 25.1 Å². The maximum atomic E-state index is 10.4. The minimum absolute atomic E-state index is 0.000195. The third-order valence-electron chi connectivity index (χ3n) is 1.77. The number of nitro groups is 1. The van der Waals surface area contributed by atoms with Gasteiger partial charge in [-0.25, -0.2) is 4.98 Å². The number of aliphatic hydroxyl groups excluding tert-OH is 1. The van der Waals surface area contributed by atoms with Crippen LogP contribution >= 0.6 is 0 Å². The smallest absolute Gasteiger partial charge is 0.274 e. The summed E-state index contributed by atoms with van der Waals surface area (Å²) in [6.07, 6.45) is 1.38. The van der Waals surface area contributed by atoms with Crippen LogP contribution in [0.15, 0.2) is 18.3 Å². The van der Waals surface area contributed by atoms with Gasteiger partial charge >= 0.3 is 0 Å². The summed E-state index contributed by atoms with van der Waals surface area (Å²) in [6.45, 7) is 0.384. The second-order valence-corrected chi connectivity index (χ2v) is 2.77. The summed E-state index contributed by atoms with van der Waals surface area (Å²) in [4.78, 5) is 15.6. The molecule has 14 heavy (non-hydrogen) atoms. The van der Waals surface area contributed by atoms with E-state index in [-0.39, 0.29) is 12.3 Å². The molecule has 0 aromatic carbocycles. The third-order valence-corrected chi connectivity index (χ3v) is 1.77. The Morgan fingerprint density at radius 3 is 3.00 bits per heavy atom. The molecule has 1 aromatic heterocycles. The lowest BCUT2D eigenvalue weighted by molar-refractivity contribution is -0.384. The molecule has 0 fully saturated rings. The van der Waals surface area contributed by atoms with E-state index in [1.165, 1.54) is 18.3 Å². The van der Waals surface area contributed by atoms with Crippen LogP contribution in [-0.2, 0) is 0 Å². The molecule has 0 saturated heterocycles. The average Bonchev–Trinajstić information content (AvgIpc) is 2.18. The Balaban J connectivity index is 2.87. The summed E-state index contributed by atoms with van der Waals surface area (Å²) in [5, 5.41) is 19.1. The van der Waals surface area contributed by atoms with Crippen molar-refractivity contribution in [3.8, 4) is 0 Å². The fourth-order valence-corrected chi connectivity index (χ4v) is 0.995. The zero-order valence-electron chi connectivity index (χ0n) is 7.75. The summed E-state index contributed by atoms with van der Waals surface area (Å²) in [5.74, 6) is 0.480. The molecule has 1 aromatic rings. The van der Waals surface area contributed by atoms with Crippen molar-refractivity contribution in [1.29, 1.82) is 0 Å². The van der Waals surface area contributed by atoms with Gasteiger partial charge < -0.3 is 10.0 Å². The van der Waals surface area contributed by atoms with Crippen LogP contribution in [0.3, 0.4) is 0 Å². The Morgan fingerprint density at radius 1 is 1.71 bits per heavy atom. The van der Waals surface area contributed by atoms with E-state index >= 15 is 0 Å². The Labute approximate surface area is 81.0 Å². The number of hydrogen-bond acceptors (Lipinski definition) is 5. The van der Waals surface area contributed by atoms with E-state index in [4.69, 9.17) is 5.11 Å². The number of aromatic nitrogens is 1. The van der Waals surface area contributed by atoms with Crippen LogP contribution in [0, 0.1) is 10.1 Å². The predicted molar refractivity (Wildman–Crippen MR) is 51.2 cm³/mol. The fraction of sp³-hybridized carbons (Fsp3) is 0.375. The van der Waals surface area contributed by atoms with Gasteiger partial charge in [0.2, 0.25) is 0 Å². The molecule has 0 unspecified atom stereocenters. The van der Waals surface area contributed by atoms with Crippen LogP contribution < -0.4 is 4.90 Å². The Bertz CT molecular complexity index is 329. The van der Waals surface area contributed by atoms with E-state index in [0.29, 0.717) is 12.4 Å². The Kier molecular flexibility index (Phi) is 3.35. The lowest BCUT2D eigenvalue weighted by atomic mass is 10.4. The summed E-state index contributed by atoms with van der Waals surface area (Å²) < 4.78 is 0. The van der Waals surface area contributed by atoms with Crippen LogP contribution in [0.25, 0.3) is 0 Å². The molecule has 0 aliphatic heterocycles. The molecule has 0 amide bonds. The highest BCUT2D eigenvalue weighted by atomic mass is 16.6. The van der Waals surface area contributed by atoms with Gasteiger partial charge in [0.05, 0.1) is 17.6 Å². The highest BCUT2D eigenvalue weighted by molar-refractivity contribution is 5.45. The molecule has 76 valence electrons. The van der Waals surface area contributed by atoms with Crippen LogP contribution in [0.5, 0.6) is 0 Å². The van der Waals surface area contributed by atoms with Gasteiger partial charge in [0.15, 0.2) is 0 Å². The van der Waals surface area contributed by atoms with Gasteiger partial charge in [-0.3, -0.25) is 10.1 Å². The van der Waals surface area contributed by atoms with E-state index < -0.39 is 4.92 Å². The van der Waals surface area contributed by atoms with Gasteiger partial charge in [-0.05, 0) is 0 Å².